The van der Waals surface area contributed by atoms with Crippen molar-refractivity contribution in [1.29, 1.82) is 0 Å². The lowest BCUT2D eigenvalue weighted by Crippen LogP contribution is -2.63. The number of hydrogen-bond donors (Lipinski definition) is 4. The number of aliphatic hydroxyl groups is 1. The van der Waals surface area contributed by atoms with Crippen LogP contribution in [0.15, 0.2) is 0 Å². The Labute approximate surface area is 327 Å². The van der Waals surface area contributed by atoms with Crippen molar-refractivity contribution >= 4 is 38.0 Å². The maximum atomic E-state index is 14.2. The van der Waals surface area contributed by atoms with Crippen molar-refractivity contribution in [3.05, 3.63) is 0 Å². The van der Waals surface area contributed by atoms with E-state index in [1.807, 2.05) is 13.1 Å². The standard InChI is InChI=1S/C41H77N3O9Si/c1-14-15-16-17-18-19-20-21-22-23-24-25-32-27(4)36(46)28(5)37(47)42-33(26(2)3)38(48)43-34(30(7)53-54(12,13)41(9,10)11)39(49)44-35(40(50)52-32)29(6)51-31(8)45/h26-30,32-36,46H,14-25H2,1-13H3,(H,42,47)(H,43,48)(H,44,49)/t27-,28+,29+,30+,32+,33-,34-,35-,36+/m0/s1. The lowest BCUT2D eigenvalue weighted by Gasteiger charge is -2.40. The molecule has 0 spiro atoms. The monoisotopic (exact) mass is 784 g/mol. The largest absolute Gasteiger partial charge is 0.460 e. The van der Waals surface area contributed by atoms with Crippen molar-refractivity contribution in [2.45, 2.75) is 214 Å². The number of carbonyl (C=O) groups is 5. The van der Waals surface area contributed by atoms with E-state index in [1.165, 1.54) is 58.8 Å². The number of hydrogen-bond acceptors (Lipinski definition) is 9. The third-order valence-corrected chi connectivity index (χ3v) is 15.9. The second kappa shape index (κ2) is 23.5. The highest BCUT2D eigenvalue weighted by molar-refractivity contribution is 6.74. The number of esters is 2. The first kappa shape index (κ1) is 49.5. The minimum absolute atomic E-state index is 0.220. The molecule has 1 rings (SSSR count). The summed E-state index contributed by atoms with van der Waals surface area (Å²) in [5, 5.41) is 19.6. The maximum Gasteiger partial charge on any atom is 0.332 e. The Kier molecular flexibility index (Phi) is 21.6. The van der Waals surface area contributed by atoms with Crippen LogP contribution >= 0.6 is 0 Å². The summed E-state index contributed by atoms with van der Waals surface area (Å²) in [6, 6.07) is -3.76. The highest BCUT2D eigenvalue weighted by atomic mass is 28.4. The molecule has 0 radical (unpaired) electrons. The van der Waals surface area contributed by atoms with Gasteiger partial charge in [0.15, 0.2) is 14.4 Å². The Balaban J connectivity index is 3.50. The molecule has 1 aliphatic heterocycles. The predicted octanol–water partition coefficient (Wildman–Crippen LogP) is 6.72. The van der Waals surface area contributed by atoms with Crippen LogP contribution in [0, 0.1) is 17.8 Å². The highest BCUT2D eigenvalue weighted by Gasteiger charge is 2.44. The van der Waals surface area contributed by atoms with Gasteiger partial charge in [-0.1, -0.05) is 120 Å². The molecular formula is C41H77N3O9Si. The molecule has 0 aromatic rings. The lowest BCUT2D eigenvalue weighted by atomic mass is 9.86. The average Bonchev–Trinajstić information content (AvgIpc) is 3.07. The SMILES string of the molecule is CCCCCCCCCCCCC[C@H]1OC(=O)[C@H]([C@@H](C)OC(C)=O)NC(=O)[C@H]([C@@H](C)O[Si](C)(C)C(C)(C)C)NC(=O)[C@H](C(C)C)NC(=O)[C@H](C)[C@H](O)[C@H]1C. The van der Waals surface area contributed by atoms with Gasteiger partial charge in [0, 0.05) is 12.8 Å². The van der Waals surface area contributed by atoms with Gasteiger partial charge >= 0.3 is 11.9 Å². The third kappa shape index (κ3) is 16.3. The summed E-state index contributed by atoms with van der Waals surface area (Å²) >= 11 is 0. The summed E-state index contributed by atoms with van der Waals surface area (Å²) in [6.45, 7) is 23.7. The Hall–Kier alpha value is -2.51. The molecule has 3 amide bonds. The number of aliphatic hydroxyl groups excluding tert-OH is 1. The molecule has 54 heavy (non-hydrogen) atoms. The molecule has 314 valence electrons. The topological polar surface area (TPSA) is 169 Å². The van der Waals surface area contributed by atoms with Gasteiger partial charge in [0.25, 0.3) is 0 Å². The fourth-order valence-corrected chi connectivity index (χ4v) is 8.02. The first-order chi connectivity index (χ1) is 25.0. The minimum Gasteiger partial charge on any atom is -0.460 e. The number of cyclic esters (lactones) is 1. The second-order valence-corrected chi connectivity index (χ2v) is 22.3. The van der Waals surface area contributed by atoms with Crippen molar-refractivity contribution in [1.82, 2.24) is 16.0 Å². The molecule has 1 saturated heterocycles. The molecule has 0 aliphatic carbocycles. The van der Waals surface area contributed by atoms with Crippen LogP contribution in [0.1, 0.15) is 153 Å². The van der Waals surface area contributed by atoms with E-state index in [0.717, 1.165) is 25.7 Å². The summed E-state index contributed by atoms with van der Waals surface area (Å²) in [7, 11) is -2.47. The quantitative estimate of drug-likeness (QED) is 0.0670. The number of rotatable bonds is 18. The van der Waals surface area contributed by atoms with Crippen LogP contribution in [-0.4, -0.2) is 85.6 Å². The zero-order chi connectivity index (χ0) is 41.4. The summed E-state index contributed by atoms with van der Waals surface area (Å²) in [4.78, 5) is 67.9. The van der Waals surface area contributed by atoms with Crippen molar-refractivity contribution in [3.8, 4) is 0 Å². The van der Waals surface area contributed by atoms with Crippen LogP contribution in [0.4, 0.5) is 0 Å². The van der Waals surface area contributed by atoms with E-state index in [0.29, 0.717) is 6.42 Å². The van der Waals surface area contributed by atoms with Crippen molar-refractivity contribution in [2.75, 3.05) is 0 Å². The van der Waals surface area contributed by atoms with Crippen molar-refractivity contribution in [2.24, 2.45) is 17.8 Å². The normalized spacial score (nSPS) is 26.5. The Morgan fingerprint density at radius 1 is 0.759 bits per heavy atom. The molecule has 1 heterocycles. The van der Waals surface area contributed by atoms with E-state index in [1.54, 1.807) is 34.6 Å². The van der Waals surface area contributed by atoms with E-state index in [-0.39, 0.29) is 11.0 Å². The lowest BCUT2D eigenvalue weighted by molar-refractivity contribution is -0.166. The smallest absolute Gasteiger partial charge is 0.332 e. The second-order valence-electron chi connectivity index (χ2n) is 17.5. The molecule has 1 fully saturated rings. The molecule has 0 bridgehead atoms. The Morgan fingerprint density at radius 3 is 1.70 bits per heavy atom. The van der Waals surface area contributed by atoms with Crippen LogP contribution in [-0.2, 0) is 37.9 Å². The van der Waals surface area contributed by atoms with Gasteiger partial charge in [-0.2, -0.15) is 0 Å². The molecule has 9 atom stereocenters. The number of carbonyl (C=O) groups excluding carboxylic acids is 5. The molecule has 0 unspecified atom stereocenters. The van der Waals surface area contributed by atoms with Crippen LogP contribution in [0.5, 0.6) is 0 Å². The summed E-state index contributed by atoms with van der Waals surface area (Å²) in [5.74, 6) is -5.39. The number of nitrogens with one attached hydrogen (secondary N) is 3. The van der Waals surface area contributed by atoms with Gasteiger partial charge in [-0.25, -0.2) is 4.79 Å². The van der Waals surface area contributed by atoms with E-state index < -0.39 is 92.4 Å². The Morgan fingerprint density at radius 2 is 1.22 bits per heavy atom. The van der Waals surface area contributed by atoms with Gasteiger partial charge in [0.2, 0.25) is 17.7 Å². The summed E-state index contributed by atoms with van der Waals surface area (Å²) in [5.41, 5.74) is 0. The summed E-state index contributed by atoms with van der Waals surface area (Å²) < 4.78 is 18.1. The van der Waals surface area contributed by atoms with E-state index in [4.69, 9.17) is 13.9 Å². The molecule has 0 aromatic carbocycles. The predicted molar refractivity (Wildman–Crippen MR) is 215 cm³/mol. The average molecular weight is 784 g/mol. The van der Waals surface area contributed by atoms with Gasteiger partial charge in [0.05, 0.1) is 18.1 Å². The number of ether oxygens (including phenoxy) is 2. The van der Waals surface area contributed by atoms with E-state index >= 15 is 0 Å². The first-order valence-corrected chi connectivity index (χ1v) is 23.6. The highest BCUT2D eigenvalue weighted by Crippen LogP contribution is 2.37. The molecule has 0 saturated carbocycles. The van der Waals surface area contributed by atoms with Crippen LogP contribution in [0.25, 0.3) is 0 Å². The maximum absolute atomic E-state index is 14.2. The van der Waals surface area contributed by atoms with E-state index in [2.05, 4.69) is 43.6 Å². The summed E-state index contributed by atoms with van der Waals surface area (Å²) in [6.07, 6.45) is 8.96. The van der Waals surface area contributed by atoms with Gasteiger partial charge in [0.1, 0.15) is 24.3 Å². The minimum atomic E-state index is -2.47. The third-order valence-electron chi connectivity index (χ3n) is 11.4. The van der Waals surface area contributed by atoms with Crippen LogP contribution < -0.4 is 16.0 Å². The number of unbranched alkanes of at least 4 members (excludes halogenated alkanes) is 10. The van der Waals surface area contributed by atoms with E-state index in [9.17, 15) is 29.1 Å². The van der Waals surface area contributed by atoms with Gasteiger partial charge < -0.3 is 35.0 Å². The van der Waals surface area contributed by atoms with Crippen molar-refractivity contribution in [3.63, 3.8) is 0 Å². The molecule has 1 aliphatic rings. The molecule has 4 N–H and O–H groups in total. The first-order valence-electron chi connectivity index (χ1n) is 20.7. The fourth-order valence-electron chi connectivity index (χ4n) is 6.60. The fraction of sp³-hybridized carbons (Fsp3) is 0.878. The molecule has 12 nitrogen and oxygen atoms in total. The molecular weight excluding hydrogens is 707 g/mol. The van der Waals surface area contributed by atoms with Crippen LogP contribution in [0.2, 0.25) is 18.1 Å². The number of amides is 3. The molecule has 13 heteroatoms. The van der Waals surface area contributed by atoms with Crippen molar-refractivity contribution < 1.29 is 43.0 Å². The van der Waals surface area contributed by atoms with Gasteiger partial charge in [-0.05, 0) is 50.7 Å². The molecule has 0 aromatic heterocycles. The zero-order valence-electron chi connectivity index (χ0n) is 36.0. The zero-order valence-corrected chi connectivity index (χ0v) is 37.0. The van der Waals surface area contributed by atoms with Gasteiger partial charge in [-0.15, -0.1) is 0 Å². The van der Waals surface area contributed by atoms with Crippen LogP contribution in [0.3, 0.4) is 0 Å². The Bertz CT molecular complexity index is 1190. The van der Waals surface area contributed by atoms with Gasteiger partial charge in [-0.3, -0.25) is 19.2 Å².